The summed E-state index contributed by atoms with van der Waals surface area (Å²) in [6.45, 7) is 4.84. The van der Waals surface area contributed by atoms with Crippen LogP contribution >= 0.6 is 0 Å². The standard InChI is InChI=1S/C14H22N4O2/c1-3-11-7-15-14(16-8-11)17-9-12-6-13(19)18(10-12)4-5-20-2/h7-8,12H,3-6,9-10H2,1-2H3,(H,15,16,17). The predicted molar refractivity (Wildman–Crippen MR) is 76.5 cm³/mol. The summed E-state index contributed by atoms with van der Waals surface area (Å²) in [7, 11) is 1.65. The van der Waals surface area contributed by atoms with E-state index in [1.165, 1.54) is 0 Å². The number of methoxy groups -OCH3 is 1. The smallest absolute Gasteiger partial charge is 0.223 e. The molecule has 0 bridgehead atoms. The average Bonchev–Trinajstić information content (AvgIpc) is 2.84. The third-order valence-electron chi connectivity index (χ3n) is 3.52. The normalized spacial score (nSPS) is 18.6. The monoisotopic (exact) mass is 278 g/mol. The van der Waals surface area contributed by atoms with Crippen LogP contribution in [-0.2, 0) is 16.0 Å². The summed E-state index contributed by atoms with van der Waals surface area (Å²) in [5.41, 5.74) is 1.12. The Labute approximate surface area is 119 Å². The molecule has 20 heavy (non-hydrogen) atoms. The molecule has 1 aliphatic heterocycles. The molecule has 6 heteroatoms. The van der Waals surface area contributed by atoms with Crippen molar-refractivity contribution in [2.75, 3.05) is 38.7 Å². The molecule has 1 aromatic rings. The summed E-state index contributed by atoms with van der Waals surface area (Å²) in [4.78, 5) is 22.2. The number of hydrogen-bond donors (Lipinski definition) is 1. The minimum atomic E-state index is 0.205. The lowest BCUT2D eigenvalue weighted by molar-refractivity contribution is -0.128. The van der Waals surface area contributed by atoms with Crippen molar-refractivity contribution in [1.82, 2.24) is 14.9 Å². The van der Waals surface area contributed by atoms with E-state index in [9.17, 15) is 4.79 Å². The van der Waals surface area contributed by atoms with Gasteiger partial charge in [0.2, 0.25) is 11.9 Å². The highest BCUT2D eigenvalue weighted by Gasteiger charge is 2.28. The fourth-order valence-corrected chi connectivity index (χ4v) is 2.27. The number of aromatic nitrogens is 2. The Bertz CT molecular complexity index is 435. The van der Waals surface area contributed by atoms with Gasteiger partial charge in [0.25, 0.3) is 0 Å². The molecule has 2 rings (SSSR count). The molecule has 1 atom stereocenters. The van der Waals surface area contributed by atoms with Gasteiger partial charge in [0.05, 0.1) is 6.61 Å². The maximum atomic E-state index is 11.8. The van der Waals surface area contributed by atoms with Gasteiger partial charge in [-0.25, -0.2) is 9.97 Å². The molecule has 1 aromatic heterocycles. The van der Waals surface area contributed by atoms with Crippen LogP contribution in [0.1, 0.15) is 18.9 Å². The molecule has 0 spiro atoms. The van der Waals surface area contributed by atoms with Crippen LogP contribution in [0.5, 0.6) is 0 Å². The molecule has 6 nitrogen and oxygen atoms in total. The zero-order valence-corrected chi connectivity index (χ0v) is 12.1. The fourth-order valence-electron chi connectivity index (χ4n) is 2.27. The molecule has 0 radical (unpaired) electrons. The highest BCUT2D eigenvalue weighted by atomic mass is 16.5. The highest BCUT2D eigenvalue weighted by Crippen LogP contribution is 2.17. The molecule has 2 heterocycles. The minimum Gasteiger partial charge on any atom is -0.383 e. The summed E-state index contributed by atoms with van der Waals surface area (Å²) in [5, 5.41) is 3.20. The van der Waals surface area contributed by atoms with Crippen molar-refractivity contribution >= 4 is 11.9 Å². The first-order valence-electron chi connectivity index (χ1n) is 7.04. The number of amides is 1. The number of carbonyl (C=O) groups is 1. The predicted octanol–water partition coefficient (Wildman–Crippen LogP) is 0.946. The van der Waals surface area contributed by atoms with Crippen molar-refractivity contribution in [2.45, 2.75) is 19.8 Å². The molecular weight excluding hydrogens is 256 g/mol. The maximum absolute atomic E-state index is 11.8. The quantitative estimate of drug-likeness (QED) is 0.804. The number of aryl methyl sites for hydroxylation is 1. The fraction of sp³-hybridized carbons (Fsp3) is 0.643. The zero-order chi connectivity index (χ0) is 14.4. The van der Waals surface area contributed by atoms with E-state index in [1.54, 1.807) is 7.11 Å². The van der Waals surface area contributed by atoms with E-state index in [2.05, 4.69) is 22.2 Å². The molecule has 1 amide bonds. The maximum Gasteiger partial charge on any atom is 0.223 e. The van der Waals surface area contributed by atoms with E-state index in [0.717, 1.165) is 25.1 Å². The van der Waals surface area contributed by atoms with Gasteiger partial charge in [-0.3, -0.25) is 4.79 Å². The van der Waals surface area contributed by atoms with Crippen molar-refractivity contribution in [3.05, 3.63) is 18.0 Å². The first-order valence-corrected chi connectivity index (χ1v) is 7.04. The Morgan fingerprint density at radius 2 is 2.20 bits per heavy atom. The molecule has 1 unspecified atom stereocenters. The van der Waals surface area contributed by atoms with Gasteiger partial charge in [-0.1, -0.05) is 6.92 Å². The van der Waals surface area contributed by atoms with Crippen molar-refractivity contribution in [3.8, 4) is 0 Å². The van der Waals surface area contributed by atoms with E-state index in [-0.39, 0.29) is 5.91 Å². The molecule has 0 aromatic carbocycles. The Hall–Kier alpha value is -1.69. The first-order chi connectivity index (χ1) is 9.72. The van der Waals surface area contributed by atoms with Crippen LogP contribution in [0.3, 0.4) is 0 Å². The Morgan fingerprint density at radius 3 is 2.85 bits per heavy atom. The van der Waals surface area contributed by atoms with Gasteiger partial charge in [-0.2, -0.15) is 0 Å². The number of carbonyl (C=O) groups excluding carboxylic acids is 1. The van der Waals surface area contributed by atoms with Gasteiger partial charge in [0.1, 0.15) is 0 Å². The number of rotatable bonds is 7. The second-order valence-corrected chi connectivity index (χ2v) is 5.05. The van der Waals surface area contributed by atoms with Crippen LogP contribution in [-0.4, -0.2) is 54.1 Å². The molecule has 1 fully saturated rings. The molecule has 0 saturated carbocycles. The summed E-state index contributed by atoms with van der Waals surface area (Å²) in [6.07, 6.45) is 5.19. The third kappa shape index (κ3) is 3.90. The van der Waals surface area contributed by atoms with Crippen LogP contribution in [0.25, 0.3) is 0 Å². The summed E-state index contributed by atoms with van der Waals surface area (Å²) in [6, 6.07) is 0. The van der Waals surface area contributed by atoms with E-state index in [1.807, 2.05) is 17.3 Å². The van der Waals surface area contributed by atoms with Crippen LogP contribution in [0, 0.1) is 5.92 Å². The van der Waals surface area contributed by atoms with Crippen molar-refractivity contribution in [3.63, 3.8) is 0 Å². The lowest BCUT2D eigenvalue weighted by Gasteiger charge is -2.16. The van der Waals surface area contributed by atoms with E-state index >= 15 is 0 Å². The first kappa shape index (κ1) is 14.7. The van der Waals surface area contributed by atoms with Crippen molar-refractivity contribution < 1.29 is 9.53 Å². The van der Waals surface area contributed by atoms with Gasteiger partial charge in [-0.15, -0.1) is 0 Å². The molecule has 1 N–H and O–H groups in total. The topological polar surface area (TPSA) is 67.4 Å². The second kappa shape index (κ2) is 7.19. The number of ether oxygens (including phenoxy) is 1. The van der Waals surface area contributed by atoms with Gasteiger partial charge in [-0.05, 0) is 12.0 Å². The number of nitrogens with zero attached hydrogens (tertiary/aromatic N) is 3. The van der Waals surface area contributed by atoms with Crippen LogP contribution < -0.4 is 5.32 Å². The SMILES string of the molecule is CCc1cnc(NCC2CC(=O)N(CCOC)C2)nc1. The van der Waals surface area contributed by atoms with Crippen LogP contribution in [0.15, 0.2) is 12.4 Å². The third-order valence-corrected chi connectivity index (χ3v) is 3.52. The number of hydrogen-bond acceptors (Lipinski definition) is 5. The van der Waals surface area contributed by atoms with Gasteiger partial charge in [0, 0.05) is 51.5 Å². The summed E-state index contributed by atoms with van der Waals surface area (Å²) >= 11 is 0. The van der Waals surface area contributed by atoms with Crippen molar-refractivity contribution in [2.24, 2.45) is 5.92 Å². The number of likely N-dealkylation sites (tertiary alicyclic amines) is 1. The summed E-state index contributed by atoms with van der Waals surface area (Å²) < 4.78 is 5.01. The number of nitrogens with one attached hydrogen (secondary N) is 1. The minimum absolute atomic E-state index is 0.205. The van der Waals surface area contributed by atoms with E-state index in [0.29, 0.717) is 31.4 Å². The molecule has 1 saturated heterocycles. The van der Waals surface area contributed by atoms with Crippen LogP contribution in [0.2, 0.25) is 0 Å². The number of anilines is 1. The largest absolute Gasteiger partial charge is 0.383 e. The molecule has 1 aliphatic rings. The van der Waals surface area contributed by atoms with Gasteiger partial charge >= 0.3 is 0 Å². The van der Waals surface area contributed by atoms with Gasteiger partial charge in [0.15, 0.2) is 0 Å². The van der Waals surface area contributed by atoms with E-state index in [4.69, 9.17) is 4.74 Å². The molecule has 0 aliphatic carbocycles. The Morgan fingerprint density at radius 1 is 1.45 bits per heavy atom. The average molecular weight is 278 g/mol. The van der Waals surface area contributed by atoms with Crippen molar-refractivity contribution in [1.29, 1.82) is 0 Å². The Balaban J connectivity index is 1.78. The highest BCUT2D eigenvalue weighted by molar-refractivity contribution is 5.78. The van der Waals surface area contributed by atoms with Crippen LogP contribution in [0.4, 0.5) is 5.95 Å². The summed E-state index contributed by atoms with van der Waals surface area (Å²) in [5.74, 6) is 1.15. The lowest BCUT2D eigenvalue weighted by atomic mass is 10.1. The van der Waals surface area contributed by atoms with E-state index < -0.39 is 0 Å². The molecule has 110 valence electrons. The Kier molecular flexibility index (Phi) is 5.29. The zero-order valence-electron chi connectivity index (χ0n) is 12.1. The second-order valence-electron chi connectivity index (χ2n) is 5.05. The molecular formula is C14H22N4O2. The van der Waals surface area contributed by atoms with Gasteiger partial charge < -0.3 is 15.0 Å². The lowest BCUT2D eigenvalue weighted by Crippen LogP contribution is -2.29.